The molecule has 0 saturated heterocycles. The van der Waals surface area contributed by atoms with Gasteiger partial charge in [0.2, 0.25) is 10.0 Å². The maximum Gasteiger partial charge on any atom is 0.233 e. The minimum absolute atomic E-state index is 0.0496. The van der Waals surface area contributed by atoms with Gasteiger partial charge in [0.15, 0.2) is 0 Å². The fraction of sp³-hybridized carbons (Fsp3) is 0.154. The van der Waals surface area contributed by atoms with Gasteiger partial charge in [-0.2, -0.15) is 0 Å². The van der Waals surface area contributed by atoms with Crippen molar-refractivity contribution in [3.8, 4) is 0 Å². The van der Waals surface area contributed by atoms with Crippen LogP contribution in [-0.4, -0.2) is 19.2 Å². The van der Waals surface area contributed by atoms with E-state index in [4.69, 9.17) is 0 Å². The molecule has 0 radical (unpaired) electrons. The van der Waals surface area contributed by atoms with Crippen molar-refractivity contribution in [3.05, 3.63) is 58.6 Å². The minimum Gasteiger partial charge on any atom is -0.284 e. The van der Waals surface area contributed by atoms with E-state index in [1.807, 2.05) is 0 Å². The van der Waals surface area contributed by atoms with E-state index >= 15 is 0 Å². The zero-order chi connectivity index (χ0) is 14.6. The van der Waals surface area contributed by atoms with E-state index < -0.39 is 15.8 Å². The van der Waals surface area contributed by atoms with Crippen LogP contribution in [0.2, 0.25) is 0 Å². The molecule has 0 saturated carbocycles. The van der Waals surface area contributed by atoms with Gasteiger partial charge in [-0.1, -0.05) is 0 Å². The van der Waals surface area contributed by atoms with Crippen LogP contribution in [0, 0.1) is 5.82 Å². The molecule has 1 heterocycles. The van der Waals surface area contributed by atoms with Gasteiger partial charge < -0.3 is 0 Å². The van der Waals surface area contributed by atoms with E-state index in [2.05, 4.69) is 25.6 Å². The molecular weight excluding hydrogens is 347 g/mol. The third kappa shape index (κ3) is 4.28. The standard InChI is InChI=1S/C13H12BrFN2O2S/c14-12-9-11(1-2-13(12)15)17-20(18,19)8-5-10-3-6-16-7-4-10/h1-4,6-7,9,17H,5,8H2. The fourth-order valence-electron chi connectivity index (χ4n) is 1.59. The number of anilines is 1. The van der Waals surface area contributed by atoms with Crippen LogP contribution in [0.1, 0.15) is 5.56 Å². The summed E-state index contributed by atoms with van der Waals surface area (Å²) < 4.78 is 39.6. The summed E-state index contributed by atoms with van der Waals surface area (Å²) in [6.07, 6.45) is 3.62. The molecule has 7 heteroatoms. The molecule has 0 bridgehead atoms. The van der Waals surface area contributed by atoms with E-state index in [9.17, 15) is 12.8 Å². The molecule has 2 rings (SSSR count). The smallest absolute Gasteiger partial charge is 0.233 e. The molecule has 1 aromatic heterocycles. The summed E-state index contributed by atoms with van der Waals surface area (Å²) in [5.74, 6) is -0.490. The Morgan fingerprint density at radius 1 is 1.20 bits per heavy atom. The molecule has 1 N–H and O–H groups in total. The van der Waals surface area contributed by atoms with Crippen molar-refractivity contribution < 1.29 is 12.8 Å². The van der Waals surface area contributed by atoms with Crippen molar-refractivity contribution in [2.45, 2.75) is 6.42 Å². The number of benzene rings is 1. The Hall–Kier alpha value is -1.47. The molecule has 0 aliphatic rings. The van der Waals surface area contributed by atoms with Gasteiger partial charge in [0.25, 0.3) is 0 Å². The Morgan fingerprint density at radius 3 is 2.55 bits per heavy atom. The van der Waals surface area contributed by atoms with Gasteiger partial charge in [-0.05, 0) is 58.2 Å². The van der Waals surface area contributed by atoms with Gasteiger partial charge in [-0.3, -0.25) is 9.71 Å². The van der Waals surface area contributed by atoms with E-state index in [-0.39, 0.29) is 10.2 Å². The topological polar surface area (TPSA) is 59.1 Å². The van der Waals surface area contributed by atoms with Crippen LogP contribution in [0.5, 0.6) is 0 Å². The van der Waals surface area contributed by atoms with Gasteiger partial charge in [0.05, 0.1) is 10.2 Å². The van der Waals surface area contributed by atoms with Crippen molar-refractivity contribution >= 4 is 31.6 Å². The van der Waals surface area contributed by atoms with Crippen LogP contribution in [0.3, 0.4) is 0 Å². The summed E-state index contributed by atoms with van der Waals surface area (Å²) in [5.41, 5.74) is 1.22. The lowest BCUT2D eigenvalue weighted by Crippen LogP contribution is -2.18. The first-order valence-corrected chi connectivity index (χ1v) is 8.25. The number of halogens is 2. The zero-order valence-corrected chi connectivity index (χ0v) is 12.8. The second-order valence-electron chi connectivity index (χ2n) is 4.16. The molecule has 2 aromatic rings. The van der Waals surface area contributed by atoms with Gasteiger partial charge in [-0.25, -0.2) is 12.8 Å². The highest BCUT2D eigenvalue weighted by Crippen LogP contribution is 2.20. The maximum absolute atomic E-state index is 13.1. The van der Waals surface area contributed by atoms with Gasteiger partial charge in [0.1, 0.15) is 5.82 Å². The van der Waals surface area contributed by atoms with Crippen molar-refractivity contribution in [3.63, 3.8) is 0 Å². The molecule has 0 aliphatic carbocycles. The van der Waals surface area contributed by atoms with Crippen molar-refractivity contribution in [2.24, 2.45) is 0 Å². The van der Waals surface area contributed by atoms with Crippen LogP contribution in [0.15, 0.2) is 47.2 Å². The lowest BCUT2D eigenvalue weighted by Gasteiger charge is -2.08. The Balaban J connectivity index is 2.02. The molecule has 0 aliphatic heterocycles. The highest BCUT2D eigenvalue weighted by Gasteiger charge is 2.11. The van der Waals surface area contributed by atoms with Gasteiger partial charge in [-0.15, -0.1) is 0 Å². The summed E-state index contributed by atoms with van der Waals surface area (Å²) >= 11 is 3.01. The molecule has 0 unspecified atom stereocenters. The van der Waals surface area contributed by atoms with E-state index in [1.165, 1.54) is 18.2 Å². The highest BCUT2D eigenvalue weighted by atomic mass is 79.9. The SMILES string of the molecule is O=S(=O)(CCc1ccncc1)Nc1ccc(F)c(Br)c1. The van der Waals surface area contributed by atoms with E-state index in [0.29, 0.717) is 12.1 Å². The molecule has 1 aromatic carbocycles. The Bertz CT molecular complexity index is 693. The van der Waals surface area contributed by atoms with Crippen LogP contribution >= 0.6 is 15.9 Å². The average Bonchev–Trinajstić information content (AvgIpc) is 2.42. The molecule has 0 amide bonds. The normalized spacial score (nSPS) is 11.3. The first-order valence-electron chi connectivity index (χ1n) is 5.81. The number of pyridine rings is 1. The summed E-state index contributed by atoms with van der Waals surface area (Å²) in [5, 5.41) is 0. The van der Waals surface area contributed by atoms with Crippen LogP contribution in [0.25, 0.3) is 0 Å². The zero-order valence-electron chi connectivity index (χ0n) is 10.4. The predicted octanol–water partition coefficient (Wildman–Crippen LogP) is 2.97. The number of sulfonamides is 1. The Kier molecular flexibility index (Phi) is 4.72. The molecule has 0 atom stereocenters. The van der Waals surface area contributed by atoms with E-state index in [1.54, 1.807) is 24.5 Å². The third-order valence-electron chi connectivity index (χ3n) is 2.60. The van der Waals surface area contributed by atoms with Crippen LogP contribution in [0.4, 0.5) is 10.1 Å². The average molecular weight is 359 g/mol. The highest BCUT2D eigenvalue weighted by molar-refractivity contribution is 9.10. The van der Waals surface area contributed by atoms with Crippen LogP contribution < -0.4 is 4.72 Å². The quantitative estimate of drug-likeness (QED) is 0.893. The molecule has 106 valence electrons. The number of aromatic nitrogens is 1. The number of rotatable bonds is 5. The molecule has 4 nitrogen and oxygen atoms in total. The molecule has 0 spiro atoms. The lowest BCUT2D eigenvalue weighted by atomic mass is 10.2. The number of hydrogen-bond donors (Lipinski definition) is 1. The monoisotopic (exact) mass is 358 g/mol. The maximum atomic E-state index is 13.1. The Labute approximate surface area is 125 Å². The molecular formula is C13H12BrFN2O2S. The number of aryl methyl sites for hydroxylation is 1. The van der Waals surface area contributed by atoms with Crippen LogP contribution in [-0.2, 0) is 16.4 Å². The number of nitrogens with zero attached hydrogens (tertiary/aromatic N) is 1. The first kappa shape index (κ1) is 14.9. The largest absolute Gasteiger partial charge is 0.284 e. The second-order valence-corrected chi connectivity index (χ2v) is 6.85. The van der Waals surface area contributed by atoms with Gasteiger partial charge in [0, 0.05) is 18.1 Å². The minimum atomic E-state index is -3.48. The van der Waals surface area contributed by atoms with E-state index in [0.717, 1.165) is 5.56 Å². The van der Waals surface area contributed by atoms with Crippen molar-refractivity contribution in [1.82, 2.24) is 4.98 Å². The summed E-state index contributed by atoms with van der Waals surface area (Å²) in [4.78, 5) is 3.87. The van der Waals surface area contributed by atoms with Gasteiger partial charge >= 0.3 is 0 Å². The summed E-state index contributed by atoms with van der Waals surface area (Å²) in [6, 6.07) is 7.50. The molecule has 0 fully saturated rings. The molecule has 20 heavy (non-hydrogen) atoms. The second kappa shape index (κ2) is 6.32. The summed E-state index contributed by atoms with van der Waals surface area (Å²) in [7, 11) is -3.48. The van der Waals surface area contributed by atoms with Crippen molar-refractivity contribution in [1.29, 1.82) is 0 Å². The number of nitrogens with one attached hydrogen (secondary N) is 1. The fourth-order valence-corrected chi connectivity index (χ4v) is 3.06. The predicted molar refractivity (Wildman–Crippen MR) is 79.5 cm³/mol. The summed E-state index contributed by atoms with van der Waals surface area (Å²) in [6.45, 7) is 0. The third-order valence-corrected chi connectivity index (χ3v) is 4.50. The number of hydrogen-bond acceptors (Lipinski definition) is 3. The Morgan fingerprint density at radius 2 is 1.90 bits per heavy atom. The lowest BCUT2D eigenvalue weighted by molar-refractivity contribution is 0.600. The first-order chi connectivity index (χ1) is 9.46. The van der Waals surface area contributed by atoms with Crippen molar-refractivity contribution in [2.75, 3.05) is 10.5 Å².